The third kappa shape index (κ3) is 3.81. The molecule has 146 valence electrons. The molecule has 0 unspecified atom stereocenters. The number of likely N-dealkylation sites (N-methyl/N-ethyl adjacent to an activating group) is 1. The van der Waals surface area contributed by atoms with Gasteiger partial charge in [-0.2, -0.15) is 0 Å². The van der Waals surface area contributed by atoms with Gasteiger partial charge in [-0.3, -0.25) is 14.2 Å². The molecule has 0 N–H and O–H groups in total. The normalized spacial score (nSPS) is 11.0. The molecule has 4 aromatic rings. The zero-order valence-electron chi connectivity index (χ0n) is 15.7. The highest BCUT2D eigenvalue weighted by Gasteiger charge is 2.18. The van der Waals surface area contributed by atoms with Crippen molar-refractivity contribution in [2.75, 3.05) is 11.4 Å². The smallest absolute Gasteiger partial charge is 0.263 e. The van der Waals surface area contributed by atoms with Gasteiger partial charge < -0.3 is 4.90 Å². The van der Waals surface area contributed by atoms with E-state index in [1.54, 1.807) is 17.0 Å². The van der Waals surface area contributed by atoms with Crippen molar-refractivity contribution < 1.29 is 4.79 Å². The van der Waals surface area contributed by atoms with Gasteiger partial charge in [0.2, 0.25) is 5.91 Å². The third-order valence-corrected chi connectivity index (χ3v) is 5.85. The molecule has 7 heteroatoms. The number of nitrogens with zero attached hydrogens (tertiary/aromatic N) is 3. The first-order chi connectivity index (χ1) is 14.1. The zero-order valence-corrected chi connectivity index (χ0v) is 17.3. The fourth-order valence-electron chi connectivity index (χ4n) is 3.26. The number of carbonyl (C=O) groups is 1. The van der Waals surface area contributed by atoms with Crippen molar-refractivity contribution in [3.63, 3.8) is 0 Å². The minimum absolute atomic E-state index is 0.0690. The van der Waals surface area contributed by atoms with Gasteiger partial charge in [-0.15, -0.1) is 11.3 Å². The van der Waals surface area contributed by atoms with Crippen molar-refractivity contribution in [3.05, 3.63) is 81.7 Å². The monoisotopic (exact) mass is 423 g/mol. The van der Waals surface area contributed by atoms with Crippen LogP contribution in [0.25, 0.3) is 21.3 Å². The van der Waals surface area contributed by atoms with E-state index in [1.165, 1.54) is 22.2 Å². The molecule has 29 heavy (non-hydrogen) atoms. The van der Waals surface area contributed by atoms with Gasteiger partial charge in [0.25, 0.3) is 5.56 Å². The van der Waals surface area contributed by atoms with Gasteiger partial charge in [-0.1, -0.05) is 41.9 Å². The lowest BCUT2D eigenvalue weighted by atomic mass is 10.1. The molecule has 0 atom stereocenters. The average molecular weight is 424 g/mol. The van der Waals surface area contributed by atoms with Gasteiger partial charge >= 0.3 is 0 Å². The van der Waals surface area contributed by atoms with Crippen molar-refractivity contribution in [2.24, 2.45) is 0 Å². The molecule has 2 aromatic carbocycles. The highest BCUT2D eigenvalue weighted by atomic mass is 35.5. The number of benzene rings is 2. The molecule has 0 aliphatic heterocycles. The summed E-state index contributed by atoms with van der Waals surface area (Å²) in [5.74, 6) is -0.162. The van der Waals surface area contributed by atoms with E-state index in [-0.39, 0.29) is 18.0 Å². The highest BCUT2D eigenvalue weighted by molar-refractivity contribution is 7.17. The van der Waals surface area contributed by atoms with Gasteiger partial charge in [0, 0.05) is 28.2 Å². The van der Waals surface area contributed by atoms with Crippen LogP contribution >= 0.6 is 22.9 Å². The fourth-order valence-corrected chi connectivity index (χ4v) is 4.30. The quantitative estimate of drug-likeness (QED) is 0.462. The number of para-hydroxylation sites is 1. The van der Waals surface area contributed by atoms with E-state index in [2.05, 4.69) is 4.98 Å². The maximum atomic E-state index is 13.2. The minimum Gasteiger partial charge on any atom is -0.311 e. The highest BCUT2D eigenvalue weighted by Crippen LogP contribution is 2.31. The molecule has 0 spiro atoms. The summed E-state index contributed by atoms with van der Waals surface area (Å²) >= 11 is 7.39. The Morgan fingerprint density at radius 3 is 2.55 bits per heavy atom. The lowest BCUT2D eigenvalue weighted by Gasteiger charge is -2.21. The summed E-state index contributed by atoms with van der Waals surface area (Å²) in [7, 11) is 0. The van der Waals surface area contributed by atoms with Crippen LogP contribution in [-0.2, 0) is 11.3 Å². The van der Waals surface area contributed by atoms with Crippen molar-refractivity contribution in [1.82, 2.24) is 9.55 Å². The number of carbonyl (C=O) groups excluding carboxylic acids is 1. The van der Waals surface area contributed by atoms with Crippen molar-refractivity contribution >= 4 is 44.7 Å². The van der Waals surface area contributed by atoms with Gasteiger partial charge in [-0.25, -0.2) is 4.98 Å². The Labute approximate surface area is 176 Å². The lowest BCUT2D eigenvalue weighted by Crippen LogP contribution is -2.36. The Bertz CT molecular complexity index is 1220. The topological polar surface area (TPSA) is 55.2 Å². The van der Waals surface area contributed by atoms with Crippen molar-refractivity contribution in [3.8, 4) is 11.1 Å². The summed E-state index contributed by atoms with van der Waals surface area (Å²) in [4.78, 5) is 32.8. The second-order valence-corrected chi connectivity index (χ2v) is 7.78. The summed E-state index contributed by atoms with van der Waals surface area (Å²) in [6.07, 6.45) is 1.45. The summed E-state index contributed by atoms with van der Waals surface area (Å²) in [5.41, 5.74) is 2.28. The number of thiophene rings is 1. The summed E-state index contributed by atoms with van der Waals surface area (Å²) in [5, 5.41) is 3.07. The predicted octanol–water partition coefficient (Wildman–Crippen LogP) is 4.83. The van der Waals surface area contributed by atoms with Crippen LogP contribution in [0.3, 0.4) is 0 Å². The molecule has 5 nitrogen and oxygen atoms in total. The van der Waals surface area contributed by atoms with E-state index in [1.807, 2.05) is 54.8 Å². The molecular weight excluding hydrogens is 406 g/mol. The maximum absolute atomic E-state index is 13.2. The van der Waals surface area contributed by atoms with E-state index in [4.69, 9.17) is 11.6 Å². The van der Waals surface area contributed by atoms with Crippen molar-refractivity contribution in [2.45, 2.75) is 13.5 Å². The second kappa shape index (κ2) is 8.19. The third-order valence-electron chi connectivity index (χ3n) is 4.71. The molecule has 4 rings (SSSR count). The Morgan fingerprint density at radius 1 is 1.14 bits per heavy atom. The summed E-state index contributed by atoms with van der Waals surface area (Å²) < 4.78 is 1.38. The molecule has 2 heterocycles. The van der Waals surface area contributed by atoms with Crippen LogP contribution in [0.4, 0.5) is 5.69 Å². The number of fused-ring (bicyclic) bond motifs is 1. The largest absolute Gasteiger partial charge is 0.311 e. The van der Waals surface area contributed by atoms with Crippen LogP contribution in [0, 0.1) is 0 Å². The summed E-state index contributed by atoms with van der Waals surface area (Å²) in [6, 6.07) is 16.8. The number of amides is 1. The summed E-state index contributed by atoms with van der Waals surface area (Å²) in [6.45, 7) is 2.36. The number of anilines is 1. The van der Waals surface area contributed by atoms with Crippen LogP contribution in [-0.4, -0.2) is 22.0 Å². The number of hydrogen-bond acceptors (Lipinski definition) is 4. The first kappa shape index (κ1) is 19.4. The molecule has 0 aliphatic rings. The van der Waals surface area contributed by atoms with E-state index in [9.17, 15) is 9.59 Å². The van der Waals surface area contributed by atoms with E-state index in [0.717, 1.165) is 16.8 Å². The molecule has 0 saturated carbocycles. The van der Waals surface area contributed by atoms with Gasteiger partial charge in [0.15, 0.2) is 0 Å². The molecule has 0 bridgehead atoms. The van der Waals surface area contributed by atoms with Gasteiger partial charge in [-0.05, 0) is 36.8 Å². The fraction of sp³-hybridized carbons (Fsp3) is 0.136. The van der Waals surface area contributed by atoms with Gasteiger partial charge in [0.1, 0.15) is 11.4 Å². The Morgan fingerprint density at radius 2 is 1.86 bits per heavy atom. The van der Waals surface area contributed by atoms with E-state index in [0.29, 0.717) is 21.8 Å². The predicted molar refractivity (Wildman–Crippen MR) is 119 cm³/mol. The average Bonchev–Trinajstić information content (AvgIpc) is 3.17. The van der Waals surface area contributed by atoms with Gasteiger partial charge in [0.05, 0.1) is 11.7 Å². The molecular formula is C22H18ClN3O2S. The Hall–Kier alpha value is -2.96. The zero-order chi connectivity index (χ0) is 20.4. The molecule has 0 saturated heterocycles. The van der Waals surface area contributed by atoms with Crippen LogP contribution in [0.5, 0.6) is 0 Å². The molecule has 0 radical (unpaired) electrons. The van der Waals surface area contributed by atoms with E-state index >= 15 is 0 Å². The molecule has 2 aromatic heterocycles. The number of aromatic nitrogens is 2. The number of hydrogen-bond donors (Lipinski definition) is 0. The SMILES string of the molecule is CCN(C(=O)Cn1cnc2scc(-c3ccc(Cl)cc3)c2c1=O)c1ccccc1. The van der Waals surface area contributed by atoms with Crippen LogP contribution in [0.2, 0.25) is 5.02 Å². The first-order valence-corrected chi connectivity index (χ1v) is 10.4. The lowest BCUT2D eigenvalue weighted by molar-refractivity contribution is -0.119. The van der Waals surface area contributed by atoms with E-state index < -0.39 is 0 Å². The van der Waals surface area contributed by atoms with Crippen molar-refractivity contribution in [1.29, 1.82) is 0 Å². The second-order valence-electron chi connectivity index (χ2n) is 6.49. The van der Waals surface area contributed by atoms with Crippen LogP contribution in [0.15, 0.2) is 71.1 Å². The maximum Gasteiger partial charge on any atom is 0.263 e. The molecule has 1 amide bonds. The first-order valence-electron chi connectivity index (χ1n) is 9.16. The number of halogens is 1. The Kier molecular flexibility index (Phi) is 5.47. The standard InChI is InChI=1S/C22H18ClN3O2S/c1-2-26(17-6-4-3-5-7-17)19(27)12-25-14-24-21-20(22(25)28)18(13-29-21)15-8-10-16(23)11-9-15/h3-11,13-14H,2,12H2,1H3. The van der Waals surface area contributed by atoms with Crippen LogP contribution < -0.4 is 10.5 Å². The Balaban J connectivity index is 1.71. The minimum atomic E-state index is -0.223. The number of rotatable bonds is 5. The molecule has 0 fully saturated rings. The van der Waals surface area contributed by atoms with Crippen LogP contribution in [0.1, 0.15) is 6.92 Å². The molecule has 0 aliphatic carbocycles.